The number of benzene rings is 1. The molecule has 4 rings (SSSR count). The Kier molecular flexibility index (Phi) is 5.28. The average molecular weight is 366 g/mol. The van der Waals surface area contributed by atoms with E-state index in [4.69, 9.17) is 4.42 Å². The molecule has 1 atom stereocenters. The molecule has 0 aliphatic heterocycles. The first-order chi connectivity index (χ1) is 13.2. The number of hydrogen-bond acceptors (Lipinski definition) is 3. The zero-order valence-corrected chi connectivity index (χ0v) is 15.5. The third-order valence-corrected chi connectivity index (χ3v) is 5.50. The van der Waals surface area contributed by atoms with Crippen LogP contribution in [0.4, 0.5) is 0 Å². The highest BCUT2D eigenvalue weighted by Crippen LogP contribution is 2.36. The van der Waals surface area contributed by atoms with Crippen LogP contribution in [-0.4, -0.2) is 28.8 Å². The maximum absolute atomic E-state index is 13.3. The standard InChI is InChI=1S/C22H26N2O3/c25-21(23-17-10-5-2-6-11-17)20(16-8-3-1-4-9-16)24(18-13-14-18)22(26)19-12-7-15-27-19/h1,3-4,7-9,12,15,17-18,20H,2,5-6,10-11,13-14H2,(H,23,25)/t20-/m1/s1. The van der Waals surface area contributed by atoms with E-state index in [9.17, 15) is 9.59 Å². The number of carbonyl (C=O) groups is 2. The summed E-state index contributed by atoms with van der Waals surface area (Å²) in [4.78, 5) is 28.2. The first kappa shape index (κ1) is 17.8. The van der Waals surface area contributed by atoms with Crippen molar-refractivity contribution < 1.29 is 14.0 Å². The molecule has 27 heavy (non-hydrogen) atoms. The maximum atomic E-state index is 13.3. The van der Waals surface area contributed by atoms with Crippen molar-refractivity contribution in [1.29, 1.82) is 0 Å². The summed E-state index contributed by atoms with van der Waals surface area (Å²) in [6.45, 7) is 0. The van der Waals surface area contributed by atoms with E-state index in [1.54, 1.807) is 17.0 Å². The lowest BCUT2D eigenvalue weighted by atomic mass is 9.94. The molecule has 2 amide bonds. The first-order valence-corrected chi connectivity index (χ1v) is 9.95. The van der Waals surface area contributed by atoms with Crippen LogP contribution in [0, 0.1) is 0 Å². The van der Waals surface area contributed by atoms with Gasteiger partial charge in [-0.25, -0.2) is 0 Å². The van der Waals surface area contributed by atoms with Crippen molar-refractivity contribution in [3.8, 4) is 0 Å². The normalized spacial score (nSPS) is 18.7. The summed E-state index contributed by atoms with van der Waals surface area (Å²) in [5, 5.41) is 3.22. The van der Waals surface area contributed by atoms with E-state index < -0.39 is 6.04 Å². The molecule has 1 aromatic carbocycles. The average Bonchev–Trinajstić information content (AvgIpc) is 3.38. The number of nitrogens with zero attached hydrogens (tertiary/aromatic N) is 1. The molecule has 0 spiro atoms. The minimum atomic E-state index is -0.627. The Morgan fingerprint density at radius 1 is 0.963 bits per heavy atom. The van der Waals surface area contributed by atoms with E-state index >= 15 is 0 Å². The minimum Gasteiger partial charge on any atom is -0.459 e. The molecule has 2 aromatic rings. The van der Waals surface area contributed by atoms with Gasteiger partial charge < -0.3 is 14.6 Å². The molecule has 5 heteroatoms. The largest absolute Gasteiger partial charge is 0.459 e. The predicted octanol–water partition coefficient (Wildman–Crippen LogP) is 4.07. The van der Waals surface area contributed by atoms with Crippen LogP contribution in [0.3, 0.4) is 0 Å². The lowest BCUT2D eigenvalue weighted by Crippen LogP contribution is -2.47. The molecule has 2 saturated carbocycles. The van der Waals surface area contributed by atoms with E-state index in [1.165, 1.54) is 12.7 Å². The molecule has 0 radical (unpaired) electrons. The van der Waals surface area contributed by atoms with Gasteiger partial charge in [0.15, 0.2) is 5.76 Å². The Balaban J connectivity index is 1.63. The van der Waals surface area contributed by atoms with Crippen LogP contribution in [0.5, 0.6) is 0 Å². The van der Waals surface area contributed by atoms with Gasteiger partial charge in [0, 0.05) is 12.1 Å². The highest BCUT2D eigenvalue weighted by atomic mass is 16.3. The number of amides is 2. The van der Waals surface area contributed by atoms with Crippen LogP contribution in [0.2, 0.25) is 0 Å². The monoisotopic (exact) mass is 366 g/mol. The summed E-state index contributed by atoms with van der Waals surface area (Å²) in [5.41, 5.74) is 0.845. The number of rotatable bonds is 6. The molecule has 1 N–H and O–H groups in total. The molecular formula is C22H26N2O3. The van der Waals surface area contributed by atoms with Crippen molar-refractivity contribution in [2.24, 2.45) is 0 Å². The Hall–Kier alpha value is -2.56. The molecule has 2 aliphatic rings. The second kappa shape index (κ2) is 7.99. The van der Waals surface area contributed by atoms with E-state index in [-0.39, 0.29) is 29.7 Å². The van der Waals surface area contributed by atoms with Crippen LogP contribution < -0.4 is 5.32 Å². The van der Waals surface area contributed by atoms with Crippen LogP contribution in [0.15, 0.2) is 53.1 Å². The van der Waals surface area contributed by atoms with Gasteiger partial charge in [-0.15, -0.1) is 0 Å². The van der Waals surface area contributed by atoms with Crippen molar-refractivity contribution in [3.63, 3.8) is 0 Å². The topological polar surface area (TPSA) is 62.6 Å². The molecule has 1 heterocycles. The quantitative estimate of drug-likeness (QED) is 0.838. The van der Waals surface area contributed by atoms with Gasteiger partial charge in [0.05, 0.1) is 6.26 Å². The second-order valence-electron chi connectivity index (χ2n) is 7.58. The molecule has 0 bridgehead atoms. The Bertz CT molecular complexity index is 762. The number of carbonyl (C=O) groups excluding carboxylic acids is 2. The Morgan fingerprint density at radius 2 is 1.70 bits per heavy atom. The van der Waals surface area contributed by atoms with Crippen molar-refractivity contribution in [3.05, 3.63) is 60.1 Å². The van der Waals surface area contributed by atoms with Gasteiger partial charge in [0.25, 0.3) is 5.91 Å². The zero-order valence-electron chi connectivity index (χ0n) is 15.5. The second-order valence-corrected chi connectivity index (χ2v) is 7.58. The highest BCUT2D eigenvalue weighted by Gasteiger charge is 2.42. The summed E-state index contributed by atoms with van der Waals surface area (Å²) >= 11 is 0. The molecule has 2 aliphatic carbocycles. The molecule has 142 valence electrons. The van der Waals surface area contributed by atoms with Gasteiger partial charge in [0.2, 0.25) is 5.91 Å². The summed E-state index contributed by atoms with van der Waals surface area (Å²) < 4.78 is 5.35. The maximum Gasteiger partial charge on any atom is 0.290 e. The fourth-order valence-corrected chi connectivity index (χ4v) is 3.97. The van der Waals surface area contributed by atoms with Crippen molar-refractivity contribution in [1.82, 2.24) is 10.2 Å². The first-order valence-electron chi connectivity index (χ1n) is 9.95. The summed E-state index contributed by atoms with van der Waals surface area (Å²) in [6, 6.07) is 12.6. The van der Waals surface area contributed by atoms with Crippen LogP contribution in [0.1, 0.15) is 67.1 Å². The third-order valence-electron chi connectivity index (χ3n) is 5.50. The Labute approximate surface area is 159 Å². The van der Waals surface area contributed by atoms with Gasteiger partial charge >= 0.3 is 0 Å². The van der Waals surface area contributed by atoms with E-state index in [2.05, 4.69) is 5.32 Å². The van der Waals surface area contributed by atoms with Crippen LogP contribution in [-0.2, 0) is 4.79 Å². The van der Waals surface area contributed by atoms with Gasteiger partial charge in [-0.1, -0.05) is 49.6 Å². The Morgan fingerprint density at radius 3 is 2.33 bits per heavy atom. The fourth-order valence-electron chi connectivity index (χ4n) is 3.97. The number of furan rings is 1. The molecule has 2 fully saturated rings. The van der Waals surface area contributed by atoms with Crippen molar-refractivity contribution in [2.45, 2.75) is 63.1 Å². The summed E-state index contributed by atoms with van der Waals surface area (Å²) in [7, 11) is 0. The lowest BCUT2D eigenvalue weighted by molar-refractivity contribution is -0.127. The third kappa shape index (κ3) is 4.07. The van der Waals surface area contributed by atoms with E-state index in [0.717, 1.165) is 44.1 Å². The van der Waals surface area contributed by atoms with Crippen LogP contribution in [0.25, 0.3) is 0 Å². The van der Waals surface area contributed by atoms with Crippen LogP contribution >= 0.6 is 0 Å². The van der Waals surface area contributed by atoms with E-state index in [1.807, 2.05) is 30.3 Å². The van der Waals surface area contributed by atoms with Crippen molar-refractivity contribution in [2.75, 3.05) is 0 Å². The smallest absolute Gasteiger partial charge is 0.290 e. The summed E-state index contributed by atoms with van der Waals surface area (Å²) in [5.74, 6) is -0.0108. The van der Waals surface area contributed by atoms with Gasteiger partial charge in [0.1, 0.15) is 6.04 Å². The highest BCUT2D eigenvalue weighted by molar-refractivity contribution is 5.96. The number of hydrogen-bond donors (Lipinski definition) is 1. The van der Waals surface area contributed by atoms with E-state index in [0.29, 0.717) is 0 Å². The van der Waals surface area contributed by atoms with Gasteiger partial charge in [-0.3, -0.25) is 9.59 Å². The molecule has 0 saturated heterocycles. The molecular weight excluding hydrogens is 340 g/mol. The summed E-state index contributed by atoms with van der Waals surface area (Å²) in [6.07, 6.45) is 8.92. The number of nitrogens with one attached hydrogen (secondary N) is 1. The minimum absolute atomic E-state index is 0.0834. The molecule has 1 aromatic heterocycles. The SMILES string of the molecule is O=C(NC1CCCCC1)[C@@H](c1ccccc1)N(C(=O)c1ccco1)C1CC1. The molecule has 0 unspecified atom stereocenters. The molecule has 5 nitrogen and oxygen atoms in total. The fraction of sp³-hybridized carbons (Fsp3) is 0.455. The van der Waals surface area contributed by atoms with Gasteiger partial charge in [-0.2, -0.15) is 0 Å². The van der Waals surface area contributed by atoms with Crippen molar-refractivity contribution >= 4 is 11.8 Å². The lowest BCUT2D eigenvalue weighted by Gasteiger charge is -2.33. The predicted molar refractivity (Wildman–Crippen MR) is 102 cm³/mol. The van der Waals surface area contributed by atoms with Gasteiger partial charge in [-0.05, 0) is 43.4 Å². The zero-order chi connectivity index (χ0) is 18.6.